The van der Waals surface area contributed by atoms with Crippen molar-refractivity contribution in [1.82, 2.24) is 20.1 Å². The summed E-state index contributed by atoms with van der Waals surface area (Å²) in [5.74, 6) is 1.35. The molecule has 0 radical (unpaired) electrons. The van der Waals surface area contributed by atoms with Gasteiger partial charge < -0.3 is 14.4 Å². The van der Waals surface area contributed by atoms with Crippen molar-refractivity contribution in [1.29, 1.82) is 0 Å². The quantitative estimate of drug-likeness (QED) is 0.855. The highest BCUT2D eigenvalue weighted by molar-refractivity contribution is 5.67. The van der Waals surface area contributed by atoms with Crippen molar-refractivity contribution in [3.05, 3.63) is 30.6 Å². The van der Waals surface area contributed by atoms with Crippen molar-refractivity contribution in [3.8, 4) is 17.1 Å². The SMILES string of the molecule is CC(C)OC(=O)N1CCC(CCOc2ccc(-c3ccn[nH]3)nc2)CC1. The molecule has 3 heterocycles. The number of aromatic nitrogens is 3. The van der Waals surface area contributed by atoms with Gasteiger partial charge in [-0.15, -0.1) is 0 Å². The maximum absolute atomic E-state index is 11.9. The molecule has 7 nitrogen and oxygen atoms in total. The smallest absolute Gasteiger partial charge is 0.410 e. The number of ether oxygens (including phenoxy) is 2. The van der Waals surface area contributed by atoms with Crippen molar-refractivity contribution in [2.24, 2.45) is 5.92 Å². The standard InChI is InChI=1S/C19H26N4O3/c1-14(2)26-19(24)23-10-6-15(7-11-23)8-12-25-16-3-4-17(20-13-16)18-5-9-21-22-18/h3-5,9,13-15H,6-8,10-12H2,1-2H3,(H,21,22). The van der Waals surface area contributed by atoms with Crippen LogP contribution in [0.4, 0.5) is 4.79 Å². The third kappa shape index (κ3) is 4.97. The monoisotopic (exact) mass is 358 g/mol. The van der Waals surface area contributed by atoms with Crippen LogP contribution in [-0.4, -0.2) is 52.0 Å². The van der Waals surface area contributed by atoms with Crippen molar-refractivity contribution in [3.63, 3.8) is 0 Å². The second-order valence-electron chi connectivity index (χ2n) is 6.85. The Bertz CT molecular complexity index is 677. The molecule has 1 aliphatic heterocycles. The van der Waals surface area contributed by atoms with Gasteiger partial charge in [-0.1, -0.05) is 0 Å². The molecule has 1 fully saturated rings. The van der Waals surface area contributed by atoms with Crippen LogP contribution in [0.1, 0.15) is 33.1 Å². The van der Waals surface area contributed by atoms with Gasteiger partial charge in [0.2, 0.25) is 0 Å². The van der Waals surface area contributed by atoms with Gasteiger partial charge in [0.15, 0.2) is 0 Å². The molecule has 0 saturated carbocycles. The minimum atomic E-state index is -0.196. The Hall–Kier alpha value is -2.57. The lowest BCUT2D eigenvalue weighted by atomic mass is 9.94. The largest absolute Gasteiger partial charge is 0.492 e. The average Bonchev–Trinajstić information content (AvgIpc) is 3.17. The zero-order chi connectivity index (χ0) is 18.4. The number of aromatic amines is 1. The van der Waals surface area contributed by atoms with E-state index in [2.05, 4.69) is 15.2 Å². The van der Waals surface area contributed by atoms with Gasteiger partial charge in [0, 0.05) is 19.3 Å². The number of piperidine rings is 1. The van der Waals surface area contributed by atoms with Crippen LogP contribution in [0.25, 0.3) is 11.4 Å². The molecule has 1 amide bonds. The van der Waals surface area contributed by atoms with Crippen LogP contribution < -0.4 is 4.74 Å². The van der Waals surface area contributed by atoms with E-state index in [4.69, 9.17) is 9.47 Å². The molecule has 1 N–H and O–H groups in total. The van der Waals surface area contributed by atoms with Crippen LogP contribution in [0.15, 0.2) is 30.6 Å². The van der Waals surface area contributed by atoms with Gasteiger partial charge in [0.1, 0.15) is 5.75 Å². The highest BCUT2D eigenvalue weighted by Crippen LogP contribution is 2.22. The molecule has 0 aromatic carbocycles. The second-order valence-corrected chi connectivity index (χ2v) is 6.85. The molecule has 0 bridgehead atoms. The van der Waals surface area contributed by atoms with E-state index in [1.165, 1.54) is 0 Å². The number of pyridine rings is 1. The highest BCUT2D eigenvalue weighted by Gasteiger charge is 2.24. The fraction of sp³-hybridized carbons (Fsp3) is 0.526. The maximum atomic E-state index is 11.9. The summed E-state index contributed by atoms with van der Waals surface area (Å²) in [6, 6.07) is 5.72. The number of nitrogens with zero attached hydrogens (tertiary/aromatic N) is 3. The summed E-state index contributed by atoms with van der Waals surface area (Å²) >= 11 is 0. The zero-order valence-electron chi connectivity index (χ0n) is 15.4. The molecule has 0 spiro atoms. The molecular formula is C19H26N4O3. The summed E-state index contributed by atoms with van der Waals surface area (Å²) in [5, 5.41) is 6.81. The maximum Gasteiger partial charge on any atom is 0.410 e. The minimum absolute atomic E-state index is 0.0677. The summed E-state index contributed by atoms with van der Waals surface area (Å²) in [5.41, 5.74) is 1.73. The number of H-pyrrole nitrogens is 1. The third-order valence-electron chi connectivity index (χ3n) is 4.52. The van der Waals surface area contributed by atoms with Crippen LogP contribution in [-0.2, 0) is 4.74 Å². The number of likely N-dealkylation sites (tertiary alicyclic amines) is 1. The summed E-state index contributed by atoms with van der Waals surface area (Å²) in [6.45, 7) is 5.93. The van der Waals surface area contributed by atoms with E-state index in [1.54, 1.807) is 17.3 Å². The summed E-state index contributed by atoms with van der Waals surface area (Å²) in [6.07, 6.45) is 6.15. The van der Waals surface area contributed by atoms with E-state index >= 15 is 0 Å². The Balaban J connectivity index is 1.37. The Morgan fingerprint density at radius 3 is 2.73 bits per heavy atom. The third-order valence-corrected chi connectivity index (χ3v) is 4.52. The number of rotatable bonds is 6. The van der Waals surface area contributed by atoms with E-state index in [9.17, 15) is 4.79 Å². The highest BCUT2D eigenvalue weighted by atomic mass is 16.6. The lowest BCUT2D eigenvalue weighted by Gasteiger charge is -2.31. The lowest BCUT2D eigenvalue weighted by molar-refractivity contribution is 0.0637. The first-order valence-electron chi connectivity index (χ1n) is 9.16. The van der Waals surface area contributed by atoms with Crippen molar-refractivity contribution in [2.45, 2.75) is 39.2 Å². The molecule has 26 heavy (non-hydrogen) atoms. The molecule has 2 aromatic heterocycles. The zero-order valence-corrected chi connectivity index (χ0v) is 15.4. The van der Waals surface area contributed by atoms with E-state index in [-0.39, 0.29) is 12.2 Å². The second kappa shape index (κ2) is 8.69. The van der Waals surface area contributed by atoms with E-state index < -0.39 is 0 Å². The van der Waals surface area contributed by atoms with E-state index in [0.717, 1.165) is 49.5 Å². The van der Waals surface area contributed by atoms with Crippen LogP contribution in [0.2, 0.25) is 0 Å². The minimum Gasteiger partial charge on any atom is -0.492 e. The Kier molecular flexibility index (Phi) is 6.09. The van der Waals surface area contributed by atoms with Crippen LogP contribution in [0, 0.1) is 5.92 Å². The fourth-order valence-electron chi connectivity index (χ4n) is 3.05. The molecule has 7 heteroatoms. The number of amides is 1. The van der Waals surface area contributed by atoms with Crippen LogP contribution >= 0.6 is 0 Å². The van der Waals surface area contributed by atoms with Gasteiger partial charge in [-0.3, -0.25) is 10.1 Å². The average molecular weight is 358 g/mol. The van der Waals surface area contributed by atoms with Gasteiger partial charge in [0.05, 0.1) is 30.3 Å². The lowest BCUT2D eigenvalue weighted by Crippen LogP contribution is -2.39. The Morgan fingerprint density at radius 2 is 2.12 bits per heavy atom. The van der Waals surface area contributed by atoms with Crippen molar-refractivity contribution < 1.29 is 14.3 Å². The molecule has 1 saturated heterocycles. The molecule has 1 aliphatic rings. The Labute approximate surface area is 153 Å². The van der Waals surface area contributed by atoms with Gasteiger partial charge in [-0.25, -0.2) is 4.79 Å². The molecule has 0 unspecified atom stereocenters. The van der Waals surface area contributed by atoms with Gasteiger partial charge >= 0.3 is 6.09 Å². The molecule has 0 atom stereocenters. The van der Waals surface area contributed by atoms with Gasteiger partial charge in [-0.05, 0) is 57.2 Å². The molecule has 3 rings (SSSR count). The van der Waals surface area contributed by atoms with Crippen molar-refractivity contribution >= 4 is 6.09 Å². The Morgan fingerprint density at radius 1 is 1.31 bits per heavy atom. The molecule has 2 aromatic rings. The number of nitrogens with one attached hydrogen (secondary N) is 1. The predicted molar refractivity (Wildman–Crippen MR) is 97.8 cm³/mol. The van der Waals surface area contributed by atoms with Gasteiger partial charge in [-0.2, -0.15) is 5.10 Å². The number of carbonyl (C=O) groups excluding carboxylic acids is 1. The first-order chi connectivity index (χ1) is 12.6. The summed E-state index contributed by atoms with van der Waals surface area (Å²) < 4.78 is 11.1. The molecule has 140 valence electrons. The van der Waals surface area contributed by atoms with Crippen LogP contribution in [0.3, 0.4) is 0 Å². The van der Waals surface area contributed by atoms with Crippen molar-refractivity contribution in [2.75, 3.05) is 19.7 Å². The van der Waals surface area contributed by atoms with E-state index in [0.29, 0.717) is 12.5 Å². The predicted octanol–water partition coefficient (Wildman–Crippen LogP) is 3.50. The first kappa shape index (κ1) is 18.2. The van der Waals surface area contributed by atoms with E-state index in [1.807, 2.05) is 32.0 Å². The normalized spacial score (nSPS) is 15.3. The summed E-state index contributed by atoms with van der Waals surface area (Å²) in [4.78, 5) is 18.1. The number of hydrogen-bond acceptors (Lipinski definition) is 5. The molecule has 0 aliphatic carbocycles. The topological polar surface area (TPSA) is 80.3 Å². The van der Waals surface area contributed by atoms with Gasteiger partial charge in [0.25, 0.3) is 0 Å². The number of carbonyl (C=O) groups is 1. The fourth-order valence-corrected chi connectivity index (χ4v) is 3.05. The molecular weight excluding hydrogens is 332 g/mol. The first-order valence-corrected chi connectivity index (χ1v) is 9.16. The summed E-state index contributed by atoms with van der Waals surface area (Å²) in [7, 11) is 0. The van der Waals surface area contributed by atoms with Crippen LogP contribution in [0.5, 0.6) is 5.75 Å². The number of hydrogen-bond donors (Lipinski definition) is 1.